The van der Waals surface area contributed by atoms with Gasteiger partial charge in [-0.3, -0.25) is 0 Å². The molecular weight excluding hydrogens is 316 g/mol. The van der Waals surface area contributed by atoms with Crippen LogP contribution in [0.4, 0.5) is 0 Å². The predicted octanol–water partition coefficient (Wildman–Crippen LogP) is 5.20. The van der Waals surface area contributed by atoms with E-state index in [1.165, 1.54) is 15.4 Å². The molecule has 4 rings (SSSR count). The molecule has 3 heteroatoms. The van der Waals surface area contributed by atoms with E-state index < -0.39 is 0 Å². The number of ether oxygens (including phenoxy) is 2. The molecule has 2 aromatic carbocycles. The number of hydrogen-bond acceptors (Lipinski definition) is 3. The highest BCUT2D eigenvalue weighted by atomic mass is 32.2. The number of fused-ring (bicyclic) bond motifs is 2. The van der Waals surface area contributed by atoms with Gasteiger partial charge in [0.05, 0.1) is 24.9 Å². The Morgan fingerprint density at radius 1 is 1.00 bits per heavy atom. The van der Waals surface area contributed by atoms with E-state index in [1.807, 2.05) is 17.8 Å². The minimum atomic E-state index is 0.201. The van der Waals surface area contributed by atoms with E-state index in [-0.39, 0.29) is 12.2 Å². The second kappa shape index (κ2) is 7.56. The van der Waals surface area contributed by atoms with Crippen molar-refractivity contribution in [2.75, 3.05) is 0 Å². The van der Waals surface area contributed by atoms with Crippen LogP contribution in [0.5, 0.6) is 0 Å². The molecule has 0 aliphatic carbocycles. The lowest BCUT2D eigenvalue weighted by molar-refractivity contribution is -0.0248. The molecule has 2 aliphatic rings. The van der Waals surface area contributed by atoms with Gasteiger partial charge in [-0.1, -0.05) is 66.4 Å². The van der Waals surface area contributed by atoms with Crippen LogP contribution in [0.15, 0.2) is 76.5 Å². The molecule has 24 heavy (non-hydrogen) atoms. The SMILES string of the molecule is C1=C(Sc2ccccc2)C[C@H]2C[C@H](OCc3ccccc3)[C@@H](C1)O2. The number of thioether (sulfide) groups is 1. The van der Waals surface area contributed by atoms with Gasteiger partial charge in [-0.2, -0.15) is 0 Å². The van der Waals surface area contributed by atoms with Gasteiger partial charge >= 0.3 is 0 Å². The zero-order valence-electron chi connectivity index (χ0n) is 13.6. The minimum absolute atomic E-state index is 0.201. The normalized spacial score (nSPS) is 26.0. The molecule has 0 radical (unpaired) electrons. The van der Waals surface area contributed by atoms with Gasteiger partial charge in [0.1, 0.15) is 0 Å². The van der Waals surface area contributed by atoms with Crippen molar-refractivity contribution in [1.82, 2.24) is 0 Å². The summed E-state index contributed by atoms with van der Waals surface area (Å²) in [4.78, 5) is 2.73. The Bertz CT molecular complexity index is 683. The molecule has 2 nitrogen and oxygen atoms in total. The highest BCUT2D eigenvalue weighted by molar-refractivity contribution is 8.03. The van der Waals surface area contributed by atoms with Crippen LogP contribution in [0, 0.1) is 0 Å². The fourth-order valence-electron chi connectivity index (χ4n) is 3.37. The van der Waals surface area contributed by atoms with E-state index in [0.717, 1.165) is 19.3 Å². The Hall–Kier alpha value is -1.55. The smallest absolute Gasteiger partial charge is 0.0876 e. The molecule has 0 aromatic heterocycles. The first-order valence-electron chi connectivity index (χ1n) is 8.60. The first-order chi connectivity index (χ1) is 11.9. The van der Waals surface area contributed by atoms with Crippen molar-refractivity contribution in [3.63, 3.8) is 0 Å². The van der Waals surface area contributed by atoms with Crippen LogP contribution in [-0.2, 0) is 16.1 Å². The molecule has 1 fully saturated rings. The molecular formula is C21H22O2S. The topological polar surface area (TPSA) is 18.5 Å². The van der Waals surface area contributed by atoms with Crippen molar-refractivity contribution in [1.29, 1.82) is 0 Å². The molecule has 0 N–H and O–H groups in total. The summed E-state index contributed by atoms with van der Waals surface area (Å²) in [5.41, 5.74) is 1.23. The maximum Gasteiger partial charge on any atom is 0.0876 e. The molecule has 0 unspecified atom stereocenters. The maximum atomic E-state index is 6.20. The Labute approximate surface area is 147 Å². The molecule has 1 saturated heterocycles. The summed E-state index contributed by atoms with van der Waals surface area (Å²) < 4.78 is 12.4. The lowest BCUT2D eigenvalue weighted by Gasteiger charge is -2.18. The number of hydrogen-bond donors (Lipinski definition) is 0. The van der Waals surface area contributed by atoms with Crippen molar-refractivity contribution >= 4 is 11.8 Å². The van der Waals surface area contributed by atoms with E-state index in [1.54, 1.807) is 0 Å². The molecule has 0 amide bonds. The fraction of sp³-hybridized carbons (Fsp3) is 0.333. The van der Waals surface area contributed by atoms with Gasteiger partial charge < -0.3 is 9.47 Å². The summed E-state index contributed by atoms with van der Waals surface area (Å²) in [7, 11) is 0. The van der Waals surface area contributed by atoms with Gasteiger partial charge in [-0.15, -0.1) is 0 Å². The first-order valence-corrected chi connectivity index (χ1v) is 9.41. The Morgan fingerprint density at radius 2 is 1.75 bits per heavy atom. The molecule has 2 bridgehead atoms. The molecule has 124 valence electrons. The number of rotatable bonds is 5. The van der Waals surface area contributed by atoms with Crippen molar-refractivity contribution in [2.45, 2.75) is 49.1 Å². The van der Waals surface area contributed by atoms with Crippen LogP contribution >= 0.6 is 11.8 Å². The molecule has 2 aromatic rings. The van der Waals surface area contributed by atoms with Gasteiger partial charge in [-0.25, -0.2) is 0 Å². The zero-order valence-corrected chi connectivity index (χ0v) is 14.5. The van der Waals surface area contributed by atoms with E-state index >= 15 is 0 Å². The van der Waals surface area contributed by atoms with Gasteiger partial charge in [0.15, 0.2) is 0 Å². The third-order valence-electron chi connectivity index (χ3n) is 4.58. The molecule has 3 atom stereocenters. The summed E-state index contributed by atoms with van der Waals surface area (Å²) in [6, 6.07) is 21.0. The van der Waals surface area contributed by atoms with Crippen molar-refractivity contribution in [3.8, 4) is 0 Å². The maximum absolute atomic E-state index is 6.20. The Kier molecular flexibility index (Phi) is 5.02. The lowest BCUT2D eigenvalue weighted by atomic mass is 10.0. The molecule has 0 spiro atoms. The van der Waals surface area contributed by atoms with E-state index in [2.05, 4.69) is 60.7 Å². The summed E-state index contributed by atoms with van der Waals surface area (Å²) >= 11 is 1.87. The zero-order chi connectivity index (χ0) is 16.2. The standard InChI is InChI=1S/C21H22O2S/c1-3-7-16(8-4-1)15-22-21-14-17-13-19(11-12-20(21)23-17)24-18-9-5-2-6-10-18/h1-11,17,20-21H,12-15H2/t17-,20+,21-/m0/s1. The molecule has 0 saturated carbocycles. The second-order valence-corrected chi connectivity index (χ2v) is 7.59. The van der Waals surface area contributed by atoms with E-state index in [4.69, 9.17) is 9.47 Å². The van der Waals surface area contributed by atoms with E-state index in [9.17, 15) is 0 Å². The van der Waals surface area contributed by atoms with Gasteiger partial charge in [0.25, 0.3) is 0 Å². The second-order valence-electron chi connectivity index (χ2n) is 6.39. The third-order valence-corrected chi connectivity index (χ3v) is 5.69. The molecule has 2 aliphatic heterocycles. The summed E-state index contributed by atoms with van der Waals surface area (Å²) in [5, 5.41) is 0. The highest BCUT2D eigenvalue weighted by Gasteiger charge is 2.37. The van der Waals surface area contributed by atoms with Crippen LogP contribution < -0.4 is 0 Å². The Morgan fingerprint density at radius 3 is 2.54 bits per heavy atom. The third kappa shape index (κ3) is 3.92. The highest BCUT2D eigenvalue weighted by Crippen LogP contribution is 2.39. The van der Waals surface area contributed by atoms with Crippen LogP contribution in [0.1, 0.15) is 24.8 Å². The van der Waals surface area contributed by atoms with Crippen LogP contribution in [0.25, 0.3) is 0 Å². The van der Waals surface area contributed by atoms with Gasteiger partial charge in [0, 0.05) is 17.7 Å². The monoisotopic (exact) mass is 338 g/mol. The van der Waals surface area contributed by atoms with Crippen LogP contribution in [0.2, 0.25) is 0 Å². The predicted molar refractivity (Wildman–Crippen MR) is 97.9 cm³/mol. The Balaban J connectivity index is 1.35. The molecule has 2 heterocycles. The summed E-state index contributed by atoms with van der Waals surface area (Å²) in [6.07, 6.45) is 6.01. The lowest BCUT2D eigenvalue weighted by Crippen LogP contribution is -2.23. The van der Waals surface area contributed by atoms with Crippen LogP contribution in [0.3, 0.4) is 0 Å². The quantitative estimate of drug-likeness (QED) is 0.746. The van der Waals surface area contributed by atoms with Crippen LogP contribution in [-0.4, -0.2) is 18.3 Å². The van der Waals surface area contributed by atoms with Crippen molar-refractivity contribution < 1.29 is 9.47 Å². The number of benzene rings is 2. The largest absolute Gasteiger partial charge is 0.371 e. The first kappa shape index (κ1) is 15.9. The minimum Gasteiger partial charge on any atom is -0.371 e. The van der Waals surface area contributed by atoms with Crippen molar-refractivity contribution in [2.24, 2.45) is 0 Å². The average Bonchev–Trinajstić information content (AvgIpc) is 2.89. The summed E-state index contributed by atoms with van der Waals surface area (Å²) in [6.45, 7) is 0.674. The van der Waals surface area contributed by atoms with Crippen molar-refractivity contribution in [3.05, 3.63) is 77.2 Å². The van der Waals surface area contributed by atoms with Gasteiger partial charge in [-0.05, 0) is 29.0 Å². The fourth-order valence-corrected chi connectivity index (χ4v) is 4.42. The summed E-state index contributed by atoms with van der Waals surface area (Å²) in [5.74, 6) is 0. The average molecular weight is 338 g/mol. The van der Waals surface area contributed by atoms with Gasteiger partial charge in [0.2, 0.25) is 0 Å². The van der Waals surface area contributed by atoms with E-state index in [0.29, 0.717) is 12.7 Å².